The highest BCUT2D eigenvalue weighted by Crippen LogP contribution is 2.29. The first-order chi connectivity index (χ1) is 44.2. The van der Waals surface area contributed by atoms with E-state index in [9.17, 15) is 0 Å². The smallest absolute Gasteiger partial charge is 0.0334 e. The number of rotatable bonds is 37. The van der Waals surface area contributed by atoms with E-state index in [1.807, 2.05) is 0 Å². The molecule has 0 bridgehead atoms. The van der Waals surface area contributed by atoms with Crippen LogP contribution in [0.1, 0.15) is 523 Å². The minimum absolute atomic E-state index is 0.509. The summed E-state index contributed by atoms with van der Waals surface area (Å²) < 4.78 is 0. The first-order valence-corrected chi connectivity index (χ1v) is 44.2. The topological polar surface area (TPSA) is 0 Å². The molecular formula is C96H216. The summed E-state index contributed by atoms with van der Waals surface area (Å²) in [6.07, 6.45) is 45.4. The number of unbranched alkanes of at least 4 members (excludes halogenated alkanes) is 8. The van der Waals surface area contributed by atoms with Crippen LogP contribution < -0.4 is 0 Å². The third-order valence-electron chi connectivity index (χ3n) is 20.4. The fourth-order valence-electron chi connectivity index (χ4n) is 10.6. The zero-order valence-corrected chi connectivity index (χ0v) is 78.5. The summed E-state index contributed by atoms with van der Waals surface area (Å²) in [5.74, 6) is 13.5. The Hall–Kier alpha value is 0. The number of hydrogen-bond donors (Lipinski definition) is 0. The van der Waals surface area contributed by atoms with E-state index in [2.05, 4.69) is 312 Å². The molecule has 600 valence electrons. The van der Waals surface area contributed by atoms with Crippen LogP contribution in [0.25, 0.3) is 0 Å². The largest absolute Gasteiger partial charge is 0.0654 e. The van der Waals surface area contributed by atoms with Crippen molar-refractivity contribution in [1.29, 1.82) is 0 Å². The maximum atomic E-state index is 2.34. The molecule has 0 saturated carbocycles. The Morgan fingerprint density at radius 3 is 0.771 bits per heavy atom. The second kappa shape index (κ2) is 91.1. The van der Waals surface area contributed by atoms with E-state index in [0.717, 1.165) is 88.8 Å². The van der Waals surface area contributed by atoms with Gasteiger partial charge in [0.05, 0.1) is 0 Å². The molecule has 0 aromatic carbocycles. The molecule has 96 heavy (non-hydrogen) atoms. The second-order valence-electron chi connectivity index (χ2n) is 36.8. The summed E-state index contributed by atoms with van der Waals surface area (Å²) in [7, 11) is 0. The molecule has 0 aliphatic rings. The van der Waals surface area contributed by atoms with Gasteiger partial charge in [0, 0.05) is 0 Å². The van der Waals surface area contributed by atoms with Gasteiger partial charge >= 0.3 is 0 Å². The van der Waals surface area contributed by atoms with E-state index in [0.29, 0.717) is 16.2 Å². The molecular weight excluding hydrogens is 1150 g/mol. The summed E-state index contributed by atoms with van der Waals surface area (Å²) >= 11 is 0. The molecule has 0 heterocycles. The van der Waals surface area contributed by atoms with Gasteiger partial charge in [-0.05, 0) is 118 Å². The highest BCUT2D eigenvalue weighted by atomic mass is 14.2. The van der Waals surface area contributed by atoms with Gasteiger partial charge in [0.1, 0.15) is 0 Å². The second-order valence-corrected chi connectivity index (χ2v) is 36.8. The Balaban J connectivity index is -0.0000000802. The van der Waals surface area contributed by atoms with Gasteiger partial charge < -0.3 is 0 Å². The van der Waals surface area contributed by atoms with Crippen LogP contribution in [0.3, 0.4) is 0 Å². The molecule has 0 saturated heterocycles. The highest BCUT2D eigenvalue weighted by molar-refractivity contribution is 4.70. The predicted molar refractivity (Wildman–Crippen MR) is 467 cm³/mol. The van der Waals surface area contributed by atoms with Crippen molar-refractivity contribution >= 4 is 0 Å². The van der Waals surface area contributed by atoms with Crippen LogP contribution in [0.5, 0.6) is 0 Å². The van der Waals surface area contributed by atoms with E-state index >= 15 is 0 Å². The molecule has 4 unspecified atom stereocenters. The normalized spacial score (nSPS) is 12.4. The van der Waals surface area contributed by atoms with Gasteiger partial charge in [0.15, 0.2) is 0 Å². The minimum atomic E-state index is 0.509. The van der Waals surface area contributed by atoms with E-state index in [4.69, 9.17) is 0 Å². The van der Waals surface area contributed by atoms with Crippen molar-refractivity contribution in [2.75, 3.05) is 0 Å². The van der Waals surface area contributed by atoms with Gasteiger partial charge in [-0.25, -0.2) is 0 Å². The van der Waals surface area contributed by atoms with Gasteiger partial charge in [-0.15, -0.1) is 0 Å². The maximum Gasteiger partial charge on any atom is -0.0334 e. The van der Waals surface area contributed by atoms with Crippen LogP contribution in [-0.4, -0.2) is 0 Å². The van der Waals surface area contributed by atoms with E-state index < -0.39 is 0 Å². The zero-order chi connectivity index (χ0) is 78.5. The van der Waals surface area contributed by atoms with Crippen molar-refractivity contribution in [3.63, 3.8) is 0 Å². The lowest BCUT2D eigenvalue weighted by Gasteiger charge is -2.27. The third-order valence-corrected chi connectivity index (χ3v) is 20.4. The van der Waals surface area contributed by atoms with Crippen molar-refractivity contribution in [1.82, 2.24) is 0 Å². The van der Waals surface area contributed by atoms with Crippen LogP contribution in [0.2, 0.25) is 0 Å². The summed E-state index contributed by atoms with van der Waals surface area (Å²) in [6, 6.07) is 0. The molecule has 0 nitrogen and oxygen atoms in total. The van der Waals surface area contributed by atoms with Crippen LogP contribution in [0.15, 0.2) is 0 Å². The Labute approximate surface area is 624 Å². The fraction of sp³-hybridized carbons (Fsp3) is 1.00. The zero-order valence-electron chi connectivity index (χ0n) is 78.5. The van der Waals surface area contributed by atoms with E-state index in [-0.39, 0.29) is 0 Å². The lowest BCUT2D eigenvalue weighted by molar-refractivity contribution is 0.240. The molecule has 0 N–H and O–H groups in total. The molecule has 0 aromatic heterocycles. The Bertz CT molecular complexity index is 1190. The number of hydrogen-bond acceptors (Lipinski definition) is 0. The molecule has 0 fully saturated rings. The average molecular weight is 1370 g/mol. The van der Waals surface area contributed by atoms with Crippen molar-refractivity contribution in [3.05, 3.63) is 0 Å². The Kier molecular flexibility index (Phi) is 116. The highest BCUT2D eigenvalue weighted by Gasteiger charge is 2.19. The van der Waals surface area contributed by atoms with Gasteiger partial charge in [-0.3, -0.25) is 0 Å². The van der Waals surface area contributed by atoms with Gasteiger partial charge in [0.25, 0.3) is 0 Å². The van der Waals surface area contributed by atoms with Crippen molar-refractivity contribution < 1.29 is 0 Å². The maximum absolute atomic E-state index is 2.34. The monoisotopic (exact) mass is 1370 g/mol. The van der Waals surface area contributed by atoms with Crippen molar-refractivity contribution in [2.45, 2.75) is 523 Å². The Morgan fingerprint density at radius 2 is 0.625 bits per heavy atom. The van der Waals surface area contributed by atoms with E-state index in [1.165, 1.54) is 212 Å². The molecule has 0 rings (SSSR count). The van der Waals surface area contributed by atoms with Crippen molar-refractivity contribution in [3.8, 4) is 0 Å². The first kappa shape index (κ1) is 123. The van der Waals surface area contributed by atoms with Crippen LogP contribution in [0.4, 0.5) is 0 Å². The van der Waals surface area contributed by atoms with Gasteiger partial charge in [0.2, 0.25) is 0 Å². The lowest BCUT2D eigenvalue weighted by atomic mass is 9.79. The first-order valence-electron chi connectivity index (χ1n) is 44.2. The molecule has 0 radical (unpaired) electrons. The molecule has 0 amide bonds. The molecule has 0 spiro atoms. The average Bonchev–Trinajstić information content (AvgIpc) is 1.73. The summed E-state index contributed by atoms with van der Waals surface area (Å²) in [6.45, 7) is 103. The van der Waals surface area contributed by atoms with Crippen molar-refractivity contribution in [2.24, 2.45) is 105 Å². The van der Waals surface area contributed by atoms with Crippen LogP contribution in [-0.2, 0) is 0 Å². The predicted octanol–water partition coefficient (Wildman–Crippen LogP) is 37.8. The van der Waals surface area contributed by atoms with Crippen LogP contribution >= 0.6 is 0 Å². The molecule has 0 heteroatoms. The summed E-state index contributed by atoms with van der Waals surface area (Å²) in [5.41, 5.74) is 1.57. The minimum Gasteiger partial charge on any atom is -0.0654 e. The van der Waals surface area contributed by atoms with Gasteiger partial charge in [-0.1, -0.05) is 511 Å². The molecule has 0 aliphatic heterocycles. The quantitative estimate of drug-likeness (QED) is 0.0544. The summed E-state index contributed by atoms with van der Waals surface area (Å²) in [5, 5.41) is 0. The molecule has 0 aromatic rings. The SMILES string of the molecule is CC(C)CC(C)(C)C.CC(C)CCC(C)C.CCC(C)(C)C(C)C.CCC(C)C(C)(C)C.CCC(C)CC(C)C.CCC(CC)C(C)C.CCCC(C)C(C)C.CCCC(C)CCC.CCCC(CC)CC.CCCCC(C)CC.CCCCCC(C)C.CCCCCCCC. The molecule has 0 aliphatic carbocycles. The lowest BCUT2D eigenvalue weighted by Crippen LogP contribution is -2.17. The van der Waals surface area contributed by atoms with Crippen LogP contribution in [0, 0.1) is 105 Å². The standard InChI is InChI=1S/12C8H18/c1-7(2)6-8(3,4)5;1-7(2)5-6-8(3)4;1-6-7(2)8(3,4)5;1-6-8(4,5)7(2)3;1-5-8(4)6-7(2)3;1-5-6-8(4)7(2)3;1-5-8(6-2)7(3)4;1-4-5-6-7-8(2)3;1-4-6-7-8(3)5-2;1-4-6-8(3)7-5-2;1-4-7-8(5-2)6-3;1-3-5-7-8-6-4-2/h7H,6H2,1-5H3;7-8H,5-6H2,1-4H3;2*7H,6H2,1-5H3;3*7-8H,5-6H2,1-4H3;4*8H,4-7H2,1-3H3;3-8H2,1-2H3. The Morgan fingerprint density at radius 1 is 0.260 bits per heavy atom. The van der Waals surface area contributed by atoms with Gasteiger partial charge in [-0.2, -0.15) is 0 Å². The summed E-state index contributed by atoms with van der Waals surface area (Å²) in [4.78, 5) is 0. The molecule has 4 atom stereocenters. The van der Waals surface area contributed by atoms with E-state index in [1.54, 1.807) is 0 Å². The fourth-order valence-corrected chi connectivity index (χ4v) is 10.6. The third kappa shape index (κ3) is 137.